The fraction of sp³-hybridized carbons (Fsp3) is 0.500. The minimum atomic E-state index is -1.02. The van der Waals surface area contributed by atoms with Crippen molar-refractivity contribution < 1.29 is 50.4 Å². The number of benzene rings is 2. The summed E-state index contributed by atoms with van der Waals surface area (Å²) in [4.78, 5) is 12.5. The molecule has 1 saturated heterocycles. The number of hydrogen-bond donors (Lipinski definition) is 1. The van der Waals surface area contributed by atoms with Crippen LogP contribution in [0.5, 0.6) is 0 Å². The van der Waals surface area contributed by atoms with Gasteiger partial charge in [-0.25, -0.2) is 9.13 Å². The van der Waals surface area contributed by atoms with Gasteiger partial charge in [-0.2, -0.15) is 0 Å². The first-order valence-corrected chi connectivity index (χ1v) is 15.5. The van der Waals surface area contributed by atoms with Crippen LogP contribution >= 0.6 is 11.8 Å². The third kappa shape index (κ3) is 10.8. The van der Waals surface area contributed by atoms with Gasteiger partial charge in [0.2, 0.25) is 6.33 Å². The predicted molar refractivity (Wildman–Crippen MR) is 158 cm³/mol. The number of carbonyl (C=O) groups is 1. The monoisotopic (exact) mass is 662 g/mol. The van der Waals surface area contributed by atoms with Gasteiger partial charge >= 0.3 is 5.97 Å². The van der Waals surface area contributed by atoms with Crippen molar-refractivity contribution in [3.8, 4) is 0 Å². The summed E-state index contributed by atoms with van der Waals surface area (Å²) in [6.07, 6.45) is 6.22. The molecule has 0 saturated carbocycles. The van der Waals surface area contributed by atoms with Gasteiger partial charge in [-0.3, -0.25) is 4.79 Å². The number of halogens is 1. The summed E-state index contributed by atoms with van der Waals surface area (Å²) in [5.74, 6) is 0.516. The Morgan fingerprint density at radius 1 is 0.976 bits per heavy atom. The maximum atomic E-state index is 12.5. The van der Waals surface area contributed by atoms with Crippen LogP contribution < -0.4 is 21.5 Å². The van der Waals surface area contributed by atoms with Gasteiger partial charge in [0.15, 0.2) is 0 Å². The van der Waals surface area contributed by atoms with Gasteiger partial charge in [-0.15, -0.1) is 11.8 Å². The van der Waals surface area contributed by atoms with Crippen molar-refractivity contribution in [2.45, 2.75) is 82.2 Å². The van der Waals surface area contributed by atoms with Crippen molar-refractivity contribution in [1.82, 2.24) is 4.57 Å². The predicted octanol–water partition coefficient (Wildman–Crippen LogP) is 1.43. The number of nitrogens with zero attached hydrogens (tertiary/aromatic N) is 2. The maximum absolute atomic E-state index is 12.5. The van der Waals surface area contributed by atoms with Gasteiger partial charge in [-0.05, 0) is 36.1 Å². The topological polar surface area (TPSA) is 83.0 Å². The zero-order valence-corrected chi connectivity index (χ0v) is 26.8. The Bertz CT molecular complexity index is 1170. The highest BCUT2D eigenvalue weighted by molar-refractivity contribution is 7.99. The number of unbranched alkanes of at least 4 members (excludes halogenated alkanes) is 2. The summed E-state index contributed by atoms with van der Waals surface area (Å²) < 4.78 is 28.7. The molecule has 3 aromatic rings. The molecule has 2 heterocycles. The van der Waals surface area contributed by atoms with E-state index in [4.69, 9.17) is 18.9 Å². The van der Waals surface area contributed by atoms with E-state index in [1.165, 1.54) is 0 Å². The van der Waals surface area contributed by atoms with Crippen LogP contribution in [0.1, 0.15) is 43.7 Å². The third-order valence-corrected chi connectivity index (χ3v) is 8.09. The van der Waals surface area contributed by atoms with Gasteiger partial charge in [0.05, 0.1) is 26.8 Å². The summed E-state index contributed by atoms with van der Waals surface area (Å²) in [5, 5.41) is 11.4. The zero-order chi connectivity index (χ0) is 28.9. The van der Waals surface area contributed by atoms with Crippen molar-refractivity contribution in [2.24, 2.45) is 7.05 Å². The molecule has 1 aromatic heterocycles. The number of aromatic nitrogens is 2. The molecule has 0 spiro atoms. The van der Waals surface area contributed by atoms with Crippen molar-refractivity contribution in [2.75, 3.05) is 12.4 Å². The Labute approximate surface area is 264 Å². The molecular formula is C32H43BrN2O6S. The van der Waals surface area contributed by atoms with Gasteiger partial charge < -0.3 is 41.0 Å². The molecule has 4 rings (SSSR count). The fourth-order valence-electron chi connectivity index (χ4n) is 4.85. The van der Waals surface area contributed by atoms with E-state index in [2.05, 4.69) is 11.5 Å². The normalized spacial score (nSPS) is 21.9. The lowest BCUT2D eigenvalue weighted by atomic mass is 9.99. The second kappa shape index (κ2) is 18.5. The number of aryl methyl sites for hydroxylation is 2. The van der Waals surface area contributed by atoms with Crippen molar-refractivity contribution in [3.63, 3.8) is 0 Å². The second-order valence-corrected chi connectivity index (χ2v) is 11.7. The van der Waals surface area contributed by atoms with E-state index in [1.807, 2.05) is 91.0 Å². The van der Waals surface area contributed by atoms with Crippen LogP contribution in [0, 0.1) is 0 Å². The lowest BCUT2D eigenvalue weighted by molar-refractivity contribution is -0.671. The first-order chi connectivity index (χ1) is 20.0. The Morgan fingerprint density at radius 3 is 2.21 bits per heavy atom. The number of aliphatic hydroxyl groups excluding tert-OH is 1. The third-order valence-electron chi connectivity index (χ3n) is 7.05. The van der Waals surface area contributed by atoms with Crippen LogP contribution in [0.4, 0.5) is 0 Å². The average molecular weight is 664 g/mol. The number of carbonyl (C=O) groups excluding carboxylic acids is 1. The molecular weight excluding hydrogens is 620 g/mol. The van der Waals surface area contributed by atoms with Crippen molar-refractivity contribution in [3.05, 3.63) is 90.5 Å². The molecule has 0 unspecified atom stereocenters. The molecule has 1 aliphatic rings. The number of imidazole rings is 1. The van der Waals surface area contributed by atoms with Crippen molar-refractivity contribution >= 4 is 17.7 Å². The van der Waals surface area contributed by atoms with E-state index < -0.39 is 24.4 Å². The summed E-state index contributed by atoms with van der Waals surface area (Å²) in [7, 11) is 2.00. The number of esters is 1. The van der Waals surface area contributed by atoms with Gasteiger partial charge in [-0.1, -0.05) is 67.6 Å². The Morgan fingerprint density at radius 2 is 1.62 bits per heavy atom. The Kier molecular flexibility index (Phi) is 15.1. The van der Waals surface area contributed by atoms with Crippen LogP contribution in [0.15, 0.2) is 79.4 Å². The standard InChI is InChI=1S/C32H43N2O6S.BrH/c1-3-41-32-31(39-22-26-15-9-5-10-16-26)30(38-21-25-13-7-4-8-14-25)29(36)27(40-32)23-37-28(35)17-11-6-12-18-34-20-19-33(2)24-34;/h4-5,7-10,13-16,19-20,24,27,29-32,36H,3,6,11-12,17-18,21-23H2,1-2H3;1H/q+1;/p-1/t27-,29-,30+,31-,32+;/m1./s1. The smallest absolute Gasteiger partial charge is 0.305 e. The van der Waals surface area contributed by atoms with Crippen molar-refractivity contribution in [1.29, 1.82) is 0 Å². The molecule has 0 radical (unpaired) electrons. The summed E-state index contributed by atoms with van der Waals surface area (Å²) >= 11 is 1.60. The number of aliphatic hydroxyl groups is 1. The fourth-order valence-corrected chi connectivity index (χ4v) is 5.82. The highest BCUT2D eigenvalue weighted by Gasteiger charge is 2.47. The first-order valence-electron chi connectivity index (χ1n) is 14.5. The SMILES string of the molecule is CCS[C@@H]1O[C@H](COC(=O)CCCCCn2cc[n+](C)c2)[C@@H](O)[C@H](OCc2ccccc2)[C@H]1OCc1ccccc1.[Br-]. The van der Waals surface area contributed by atoms with Gasteiger partial charge in [0.25, 0.3) is 0 Å². The summed E-state index contributed by atoms with van der Waals surface area (Å²) in [5.41, 5.74) is 1.65. The van der Waals surface area contributed by atoms with E-state index in [-0.39, 0.29) is 35.0 Å². The van der Waals surface area contributed by atoms with E-state index in [1.54, 1.807) is 11.8 Å². The number of rotatable bonds is 16. The minimum Gasteiger partial charge on any atom is -1.00 e. The second-order valence-electron chi connectivity index (χ2n) is 10.3. The van der Waals surface area contributed by atoms with E-state index in [0.717, 1.165) is 42.7 Å². The number of thioether (sulfide) groups is 1. The molecule has 1 fully saturated rings. The van der Waals surface area contributed by atoms with Crippen LogP contribution in [-0.2, 0) is 50.5 Å². The molecule has 0 aliphatic carbocycles. The molecule has 8 nitrogen and oxygen atoms in total. The highest BCUT2D eigenvalue weighted by Crippen LogP contribution is 2.33. The molecule has 10 heteroatoms. The van der Waals surface area contributed by atoms with Crippen LogP contribution in [0.25, 0.3) is 0 Å². The molecule has 1 aliphatic heterocycles. The molecule has 5 atom stereocenters. The average Bonchev–Trinajstić information content (AvgIpc) is 3.41. The first kappa shape index (κ1) is 34.3. The van der Waals surface area contributed by atoms with Crippen LogP contribution in [-0.4, -0.2) is 57.9 Å². The zero-order valence-electron chi connectivity index (χ0n) is 24.4. The molecule has 230 valence electrons. The largest absolute Gasteiger partial charge is 1.00 e. The lowest BCUT2D eigenvalue weighted by Crippen LogP contribution is -3.00. The van der Waals surface area contributed by atoms with Crippen LogP contribution in [0.3, 0.4) is 0 Å². The van der Waals surface area contributed by atoms with E-state index in [0.29, 0.717) is 19.6 Å². The number of ether oxygens (including phenoxy) is 4. The Hall–Kier alpha value is -2.21. The molecule has 0 bridgehead atoms. The van der Waals surface area contributed by atoms with E-state index >= 15 is 0 Å². The van der Waals surface area contributed by atoms with Crippen LogP contribution in [0.2, 0.25) is 0 Å². The maximum Gasteiger partial charge on any atom is 0.305 e. The van der Waals surface area contributed by atoms with E-state index in [9.17, 15) is 9.90 Å². The highest BCUT2D eigenvalue weighted by atomic mass is 79.9. The van der Waals surface area contributed by atoms with Gasteiger partial charge in [0.1, 0.15) is 48.9 Å². The molecule has 2 aromatic carbocycles. The summed E-state index contributed by atoms with van der Waals surface area (Å²) in [6.45, 7) is 3.64. The molecule has 0 amide bonds. The molecule has 1 N–H and O–H groups in total. The quantitative estimate of drug-likeness (QED) is 0.141. The number of hydrogen-bond acceptors (Lipinski definition) is 7. The van der Waals surface area contributed by atoms with Gasteiger partial charge in [0, 0.05) is 6.42 Å². The minimum absolute atomic E-state index is 0. The molecule has 42 heavy (non-hydrogen) atoms. The Balaban J connectivity index is 0.00000484. The summed E-state index contributed by atoms with van der Waals surface area (Å²) in [6, 6.07) is 19.8. The lowest BCUT2D eigenvalue weighted by Gasteiger charge is -2.44.